The maximum Gasteiger partial charge on any atom is 0.0587 e. The molecule has 0 radical (unpaired) electrons. The van der Waals surface area contributed by atoms with Crippen LogP contribution < -0.4 is 10.2 Å². The average molecular weight is 291 g/mol. The highest BCUT2D eigenvalue weighted by atomic mass is 16.5. The second-order valence-corrected chi connectivity index (χ2v) is 6.11. The van der Waals surface area contributed by atoms with Gasteiger partial charge in [-0.1, -0.05) is 17.7 Å². The Hall–Kier alpha value is -1.10. The molecule has 1 aromatic rings. The summed E-state index contributed by atoms with van der Waals surface area (Å²) in [4.78, 5) is 4.96. The van der Waals surface area contributed by atoms with Gasteiger partial charge in [0.25, 0.3) is 0 Å². The van der Waals surface area contributed by atoms with E-state index in [-0.39, 0.29) is 0 Å². The van der Waals surface area contributed by atoms with Gasteiger partial charge < -0.3 is 19.9 Å². The molecule has 1 fully saturated rings. The van der Waals surface area contributed by atoms with E-state index in [1.54, 1.807) is 7.11 Å². The van der Waals surface area contributed by atoms with Crippen LogP contribution >= 0.6 is 0 Å². The van der Waals surface area contributed by atoms with Crippen LogP contribution in [0.25, 0.3) is 0 Å². The number of likely N-dealkylation sites (N-methyl/N-ethyl adjacent to an activating group) is 1. The van der Waals surface area contributed by atoms with Gasteiger partial charge in [-0.05, 0) is 32.5 Å². The minimum atomic E-state index is 0.559. The fraction of sp³-hybridized carbons (Fsp3) is 0.647. The smallest absolute Gasteiger partial charge is 0.0587 e. The van der Waals surface area contributed by atoms with Crippen molar-refractivity contribution in [3.63, 3.8) is 0 Å². The topological polar surface area (TPSA) is 27.7 Å². The van der Waals surface area contributed by atoms with Crippen molar-refractivity contribution in [2.45, 2.75) is 26.4 Å². The highest BCUT2D eigenvalue weighted by molar-refractivity contribution is 5.56. The zero-order chi connectivity index (χ0) is 15.2. The van der Waals surface area contributed by atoms with Crippen molar-refractivity contribution in [3.8, 4) is 0 Å². The van der Waals surface area contributed by atoms with Crippen LogP contribution in [0.3, 0.4) is 0 Å². The maximum atomic E-state index is 5.10. The lowest BCUT2D eigenvalue weighted by atomic mass is 10.1. The standard InChI is InChI=1S/C17H29N3O/c1-14-5-6-17(16(11-14)12-18-7-10-21-4)20-9-8-19(3)13-15(20)2/h5-6,11,15,18H,7-10,12-13H2,1-4H3. The van der Waals surface area contributed by atoms with Gasteiger partial charge in [0.15, 0.2) is 0 Å². The Morgan fingerprint density at radius 2 is 2.14 bits per heavy atom. The highest BCUT2D eigenvalue weighted by Gasteiger charge is 2.23. The molecule has 1 heterocycles. The Labute approximate surface area is 129 Å². The molecule has 1 aliphatic heterocycles. The number of hydrogen-bond donors (Lipinski definition) is 1. The number of nitrogens with one attached hydrogen (secondary N) is 1. The van der Waals surface area contributed by atoms with E-state index in [0.717, 1.165) is 39.3 Å². The molecule has 0 amide bonds. The van der Waals surface area contributed by atoms with Crippen LogP contribution in [-0.4, -0.2) is 57.9 Å². The summed E-state index contributed by atoms with van der Waals surface area (Å²) in [6.07, 6.45) is 0. The normalized spacial score (nSPS) is 20.0. The van der Waals surface area contributed by atoms with E-state index in [1.165, 1.54) is 16.8 Å². The molecule has 0 bridgehead atoms. The zero-order valence-electron chi connectivity index (χ0n) is 13.9. The van der Waals surface area contributed by atoms with Crippen molar-refractivity contribution in [2.24, 2.45) is 0 Å². The molecule has 0 spiro atoms. The van der Waals surface area contributed by atoms with E-state index < -0.39 is 0 Å². The van der Waals surface area contributed by atoms with Crippen LogP contribution in [0, 0.1) is 6.92 Å². The Balaban J connectivity index is 2.10. The van der Waals surface area contributed by atoms with Crippen molar-refractivity contribution >= 4 is 5.69 Å². The molecule has 0 aromatic heterocycles. The number of nitrogens with zero attached hydrogens (tertiary/aromatic N) is 2. The van der Waals surface area contributed by atoms with E-state index in [4.69, 9.17) is 4.74 Å². The number of piperazine rings is 1. The lowest BCUT2D eigenvalue weighted by molar-refractivity contribution is 0.199. The molecule has 2 rings (SSSR count). The van der Waals surface area contributed by atoms with Gasteiger partial charge in [0.05, 0.1) is 6.61 Å². The molecular weight excluding hydrogens is 262 g/mol. The number of hydrogen-bond acceptors (Lipinski definition) is 4. The number of methoxy groups -OCH3 is 1. The van der Waals surface area contributed by atoms with Gasteiger partial charge >= 0.3 is 0 Å². The highest BCUT2D eigenvalue weighted by Crippen LogP contribution is 2.25. The molecule has 1 unspecified atom stereocenters. The Morgan fingerprint density at radius 3 is 2.86 bits per heavy atom. The third kappa shape index (κ3) is 4.43. The summed E-state index contributed by atoms with van der Waals surface area (Å²) in [7, 11) is 3.95. The first-order valence-corrected chi connectivity index (χ1v) is 7.86. The van der Waals surface area contributed by atoms with E-state index in [0.29, 0.717) is 6.04 Å². The number of ether oxygens (including phenoxy) is 1. The molecule has 1 atom stereocenters. The van der Waals surface area contributed by atoms with Crippen LogP contribution in [-0.2, 0) is 11.3 Å². The summed E-state index contributed by atoms with van der Waals surface area (Å²) >= 11 is 0. The summed E-state index contributed by atoms with van der Waals surface area (Å²) in [6.45, 7) is 10.4. The molecular formula is C17H29N3O. The second kappa shape index (κ2) is 7.78. The molecule has 1 N–H and O–H groups in total. The zero-order valence-corrected chi connectivity index (χ0v) is 13.9. The molecule has 118 valence electrons. The van der Waals surface area contributed by atoms with Gasteiger partial charge in [0, 0.05) is 51.6 Å². The van der Waals surface area contributed by atoms with Crippen LogP contribution in [0.15, 0.2) is 18.2 Å². The largest absolute Gasteiger partial charge is 0.383 e. The van der Waals surface area contributed by atoms with Gasteiger partial charge in [0.1, 0.15) is 0 Å². The minimum absolute atomic E-state index is 0.559. The second-order valence-electron chi connectivity index (χ2n) is 6.11. The van der Waals surface area contributed by atoms with Gasteiger partial charge in [-0.25, -0.2) is 0 Å². The number of aryl methyl sites for hydroxylation is 1. The number of rotatable bonds is 6. The van der Waals surface area contributed by atoms with Crippen molar-refractivity contribution in [1.29, 1.82) is 0 Å². The molecule has 21 heavy (non-hydrogen) atoms. The lowest BCUT2D eigenvalue weighted by Crippen LogP contribution is -2.50. The van der Waals surface area contributed by atoms with Crippen LogP contribution in [0.2, 0.25) is 0 Å². The maximum absolute atomic E-state index is 5.10. The first-order valence-electron chi connectivity index (χ1n) is 7.86. The Morgan fingerprint density at radius 1 is 1.33 bits per heavy atom. The Bertz CT molecular complexity index is 450. The minimum Gasteiger partial charge on any atom is -0.383 e. The van der Waals surface area contributed by atoms with Crippen LogP contribution in [0.1, 0.15) is 18.1 Å². The van der Waals surface area contributed by atoms with Gasteiger partial charge in [-0.3, -0.25) is 0 Å². The van der Waals surface area contributed by atoms with E-state index >= 15 is 0 Å². The molecule has 4 nitrogen and oxygen atoms in total. The molecule has 1 aliphatic rings. The number of benzene rings is 1. The van der Waals surface area contributed by atoms with E-state index in [2.05, 4.69) is 54.2 Å². The van der Waals surface area contributed by atoms with Gasteiger partial charge in [-0.15, -0.1) is 0 Å². The average Bonchev–Trinajstić information content (AvgIpc) is 2.45. The first kappa shape index (κ1) is 16.3. The van der Waals surface area contributed by atoms with Gasteiger partial charge in [0.2, 0.25) is 0 Å². The molecule has 0 aliphatic carbocycles. The monoisotopic (exact) mass is 291 g/mol. The fourth-order valence-corrected chi connectivity index (χ4v) is 3.03. The number of anilines is 1. The van der Waals surface area contributed by atoms with Crippen molar-refractivity contribution in [2.75, 3.05) is 51.8 Å². The quantitative estimate of drug-likeness (QED) is 0.810. The molecule has 1 saturated heterocycles. The van der Waals surface area contributed by atoms with Crippen molar-refractivity contribution < 1.29 is 4.74 Å². The summed E-state index contributed by atoms with van der Waals surface area (Å²) in [5, 5.41) is 3.47. The van der Waals surface area contributed by atoms with E-state index in [1.807, 2.05) is 0 Å². The predicted molar refractivity (Wildman–Crippen MR) is 89.1 cm³/mol. The Kier molecular flexibility index (Phi) is 6.03. The van der Waals surface area contributed by atoms with Crippen LogP contribution in [0.4, 0.5) is 5.69 Å². The van der Waals surface area contributed by atoms with Crippen molar-refractivity contribution in [3.05, 3.63) is 29.3 Å². The summed E-state index contributed by atoms with van der Waals surface area (Å²) in [5.41, 5.74) is 4.10. The van der Waals surface area contributed by atoms with E-state index in [9.17, 15) is 0 Å². The molecule has 1 aromatic carbocycles. The summed E-state index contributed by atoms with van der Waals surface area (Å²) in [5.74, 6) is 0. The summed E-state index contributed by atoms with van der Waals surface area (Å²) in [6, 6.07) is 7.37. The third-order valence-corrected chi connectivity index (χ3v) is 4.17. The summed E-state index contributed by atoms with van der Waals surface area (Å²) < 4.78 is 5.10. The predicted octanol–water partition coefficient (Wildman–Crippen LogP) is 1.87. The van der Waals surface area contributed by atoms with Gasteiger partial charge in [-0.2, -0.15) is 0 Å². The van der Waals surface area contributed by atoms with Crippen molar-refractivity contribution in [1.82, 2.24) is 10.2 Å². The van der Waals surface area contributed by atoms with Crippen LogP contribution in [0.5, 0.6) is 0 Å². The lowest BCUT2D eigenvalue weighted by Gasteiger charge is -2.40. The molecule has 0 saturated carbocycles. The molecule has 4 heteroatoms. The SMILES string of the molecule is COCCNCc1cc(C)ccc1N1CCN(C)CC1C. The fourth-order valence-electron chi connectivity index (χ4n) is 3.03. The first-order chi connectivity index (χ1) is 10.1. The third-order valence-electron chi connectivity index (χ3n) is 4.17.